The Bertz CT molecular complexity index is 484. The first-order valence-electron chi connectivity index (χ1n) is 6.50. The van der Waals surface area contributed by atoms with Crippen molar-refractivity contribution >= 4 is 15.9 Å². The summed E-state index contributed by atoms with van der Waals surface area (Å²) in [6.45, 7) is 1.48. The summed E-state index contributed by atoms with van der Waals surface area (Å²) in [5.41, 5.74) is -1.47. The van der Waals surface area contributed by atoms with Gasteiger partial charge in [0.25, 0.3) is 0 Å². The van der Waals surface area contributed by atoms with Gasteiger partial charge >= 0.3 is 6.18 Å². The van der Waals surface area contributed by atoms with Gasteiger partial charge in [-0.2, -0.15) is 13.2 Å². The van der Waals surface area contributed by atoms with Crippen LogP contribution in [0.4, 0.5) is 17.6 Å². The molecule has 0 atom stereocenters. The summed E-state index contributed by atoms with van der Waals surface area (Å²) >= 11 is 3.42. The molecule has 0 bridgehead atoms. The van der Waals surface area contributed by atoms with Crippen LogP contribution in [0.5, 0.6) is 5.75 Å². The lowest BCUT2D eigenvalue weighted by atomic mass is 9.83. The van der Waals surface area contributed by atoms with Crippen molar-refractivity contribution < 1.29 is 27.0 Å². The molecule has 1 heterocycles. The van der Waals surface area contributed by atoms with Crippen LogP contribution in [0, 0.1) is 11.2 Å². The molecule has 0 aromatic heterocycles. The van der Waals surface area contributed by atoms with E-state index in [1.807, 2.05) is 0 Å². The third kappa shape index (κ3) is 4.10. The van der Waals surface area contributed by atoms with Crippen molar-refractivity contribution in [2.24, 2.45) is 5.41 Å². The van der Waals surface area contributed by atoms with Crippen LogP contribution < -0.4 is 4.74 Å². The number of alkyl halides is 4. The number of hydrogen-bond acceptors (Lipinski definition) is 2. The van der Waals surface area contributed by atoms with E-state index in [0.717, 1.165) is 18.9 Å². The van der Waals surface area contributed by atoms with Gasteiger partial charge in [-0.1, -0.05) is 15.9 Å². The van der Waals surface area contributed by atoms with Gasteiger partial charge in [0.15, 0.2) is 0 Å². The molecule has 118 valence electrons. The van der Waals surface area contributed by atoms with Gasteiger partial charge in [-0.25, -0.2) is 4.39 Å². The summed E-state index contributed by atoms with van der Waals surface area (Å²) in [7, 11) is 0. The van der Waals surface area contributed by atoms with Gasteiger partial charge in [0.05, 0.1) is 12.2 Å². The predicted octanol–water partition coefficient (Wildman–Crippen LogP) is 4.42. The minimum Gasteiger partial charge on any atom is -0.493 e. The number of benzene rings is 1. The van der Waals surface area contributed by atoms with E-state index in [2.05, 4.69) is 15.9 Å². The molecule has 1 aromatic carbocycles. The van der Waals surface area contributed by atoms with Crippen molar-refractivity contribution in [3.05, 3.63) is 29.6 Å². The van der Waals surface area contributed by atoms with E-state index in [0.29, 0.717) is 24.6 Å². The van der Waals surface area contributed by atoms with Gasteiger partial charge in [0.2, 0.25) is 0 Å². The normalized spacial score (nSPS) is 18.5. The highest BCUT2D eigenvalue weighted by Gasteiger charge is 2.35. The average Bonchev–Trinajstić information content (AvgIpc) is 2.46. The molecule has 1 aliphatic heterocycles. The van der Waals surface area contributed by atoms with E-state index in [1.54, 1.807) is 0 Å². The first kappa shape index (κ1) is 16.5. The minimum atomic E-state index is -4.73. The summed E-state index contributed by atoms with van der Waals surface area (Å²) in [5.74, 6) is -1.27. The Labute approximate surface area is 128 Å². The van der Waals surface area contributed by atoms with Crippen LogP contribution in [0.1, 0.15) is 18.4 Å². The summed E-state index contributed by atoms with van der Waals surface area (Å²) in [4.78, 5) is 0. The first-order chi connectivity index (χ1) is 9.86. The van der Waals surface area contributed by atoms with Gasteiger partial charge in [0.1, 0.15) is 11.6 Å². The Kier molecular flexibility index (Phi) is 5.14. The molecule has 1 aliphatic rings. The number of rotatable bonds is 4. The molecule has 0 radical (unpaired) electrons. The fourth-order valence-electron chi connectivity index (χ4n) is 2.17. The zero-order valence-electron chi connectivity index (χ0n) is 11.2. The van der Waals surface area contributed by atoms with Crippen molar-refractivity contribution in [1.29, 1.82) is 0 Å². The van der Waals surface area contributed by atoms with E-state index in [4.69, 9.17) is 9.47 Å². The summed E-state index contributed by atoms with van der Waals surface area (Å²) in [6.07, 6.45) is -3.19. The van der Waals surface area contributed by atoms with Crippen LogP contribution in [0.25, 0.3) is 0 Å². The zero-order chi connectivity index (χ0) is 15.5. The molecular formula is C14H15BrF4O2. The lowest BCUT2D eigenvalue weighted by molar-refractivity contribution is -0.140. The highest BCUT2D eigenvalue weighted by molar-refractivity contribution is 9.09. The van der Waals surface area contributed by atoms with Crippen LogP contribution in [0.3, 0.4) is 0 Å². The molecule has 21 heavy (non-hydrogen) atoms. The van der Waals surface area contributed by atoms with Crippen molar-refractivity contribution in [2.45, 2.75) is 19.0 Å². The van der Waals surface area contributed by atoms with Crippen LogP contribution in [-0.4, -0.2) is 25.2 Å². The maximum absolute atomic E-state index is 13.2. The predicted molar refractivity (Wildman–Crippen MR) is 73.2 cm³/mol. The molecule has 0 spiro atoms. The van der Waals surface area contributed by atoms with E-state index in [9.17, 15) is 17.6 Å². The largest absolute Gasteiger partial charge is 0.493 e. The monoisotopic (exact) mass is 370 g/mol. The van der Waals surface area contributed by atoms with Gasteiger partial charge in [-0.05, 0) is 31.0 Å². The molecule has 0 amide bonds. The summed E-state index contributed by atoms with van der Waals surface area (Å²) in [6, 6.07) is 2.70. The van der Waals surface area contributed by atoms with Crippen LogP contribution in [-0.2, 0) is 10.9 Å². The Hall–Kier alpha value is -0.820. The molecule has 2 rings (SSSR count). The van der Waals surface area contributed by atoms with Gasteiger partial charge < -0.3 is 9.47 Å². The summed E-state index contributed by atoms with van der Waals surface area (Å²) < 4.78 is 61.9. The van der Waals surface area contributed by atoms with E-state index < -0.39 is 17.6 Å². The summed E-state index contributed by atoms with van der Waals surface area (Å²) in [5, 5.41) is 0.677. The second-order valence-electron chi connectivity index (χ2n) is 5.17. The molecule has 0 unspecified atom stereocenters. The number of ether oxygens (including phenoxy) is 2. The average molecular weight is 371 g/mol. The van der Waals surface area contributed by atoms with Gasteiger partial charge in [-0.3, -0.25) is 0 Å². The zero-order valence-corrected chi connectivity index (χ0v) is 12.8. The van der Waals surface area contributed by atoms with Crippen LogP contribution in [0.15, 0.2) is 18.2 Å². The smallest absolute Gasteiger partial charge is 0.419 e. The highest BCUT2D eigenvalue weighted by atomic mass is 79.9. The number of halogens is 5. The Morgan fingerprint density at radius 2 is 1.90 bits per heavy atom. The Morgan fingerprint density at radius 1 is 1.24 bits per heavy atom. The molecule has 0 N–H and O–H groups in total. The van der Waals surface area contributed by atoms with E-state index >= 15 is 0 Å². The molecule has 1 fully saturated rings. The fraction of sp³-hybridized carbons (Fsp3) is 0.571. The number of hydrogen-bond donors (Lipinski definition) is 0. The van der Waals surface area contributed by atoms with Crippen molar-refractivity contribution in [2.75, 3.05) is 25.2 Å². The quantitative estimate of drug-likeness (QED) is 0.577. The standard InChI is InChI=1S/C14H15BrF4O2/c15-8-13(3-5-20-6-4-13)9-21-10-1-2-12(16)11(7-10)14(17,18)19/h1-2,7H,3-6,8-9H2. The van der Waals surface area contributed by atoms with Crippen molar-refractivity contribution in [1.82, 2.24) is 0 Å². The minimum absolute atomic E-state index is 0.0236. The highest BCUT2D eigenvalue weighted by Crippen LogP contribution is 2.36. The van der Waals surface area contributed by atoms with Crippen molar-refractivity contribution in [3.63, 3.8) is 0 Å². The van der Waals surface area contributed by atoms with Gasteiger partial charge in [0, 0.05) is 24.0 Å². The van der Waals surface area contributed by atoms with E-state index in [1.165, 1.54) is 6.07 Å². The molecule has 0 saturated carbocycles. The molecule has 7 heteroatoms. The topological polar surface area (TPSA) is 18.5 Å². The molecule has 2 nitrogen and oxygen atoms in total. The Balaban J connectivity index is 2.09. The third-order valence-corrected chi connectivity index (χ3v) is 4.81. The lowest BCUT2D eigenvalue weighted by Gasteiger charge is -2.35. The van der Waals surface area contributed by atoms with Crippen LogP contribution >= 0.6 is 15.9 Å². The maximum atomic E-state index is 13.2. The lowest BCUT2D eigenvalue weighted by Crippen LogP contribution is -2.36. The maximum Gasteiger partial charge on any atom is 0.419 e. The van der Waals surface area contributed by atoms with Crippen LogP contribution in [0.2, 0.25) is 0 Å². The molecule has 1 aromatic rings. The van der Waals surface area contributed by atoms with E-state index in [-0.39, 0.29) is 17.8 Å². The second-order valence-corrected chi connectivity index (χ2v) is 5.73. The molecule has 0 aliphatic carbocycles. The second kappa shape index (κ2) is 6.52. The first-order valence-corrected chi connectivity index (χ1v) is 7.62. The SMILES string of the molecule is Fc1ccc(OCC2(CBr)CCOCC2)cc1C(F)(F)F. The molecule has 1 saturated heterocycles. The molecular weight excluding hydrogens is 356 g/mol. The van der Waals surface area contributed by atoms with Crippen molar-refractivity contribution in [3.8, 4) is 5.75 Å². The third-order valence-electron chi connectivity index (χ3n) is 3.63. The fourth-order valence-corrected chi connectivity index (χ4v) is 2.89. The van der Waals surface area contributed by atoms with Gasteiger partial charge in [-0.15, -0.1) is 0 Å². The Morgan fingerprint density at radius 3 is 2.48 bits per heavy atom.